The second-order valence-corrected chi connectivity index (χ2v) is 7.58. The molecule has 2 fully saturated rings. The summed E-state index contributed by atoms with van der Waals surface area (Å²) in [6, 6.07) is 7.15. The Morgan fingerprint density at radius 3 is 2.75 bits per heavy atom. The van der Waals surface area contributed by atoms with Crippen LogP contribution in [-0.4, -0.2) is 46.2 Å². The molecule has 2 amide bonds. The van der Waals surface area contributed by atoms with Crippen LogP contribution in [0.5, 0.6) is 0 Å². The van der Waals surface area contributed by atoms with Gasteiger partial charge in [0.15, 0.2) is 11.6 Å². The average molecular weight is 385 g/mol. The first-order valence-corrected chi connectivity index (χ1v) is 9.41. The summed E-state index contributed by atoms with van der Waals surface area (Å²) in [4.78, 5) is 33.3. The van der Waals surface area contributed by atoms with Gasteiger partial charge in [0.25, 0.3) is 5.91 Å². The molecule has 1 aromatic carbocycles. The lowest BCUT2D eigenvalue weighted by Crippen LogP contribution is -2.50. The zero-order valence-electron chi connectivity index (χ0n) is 15.4. The Hall–Kier alpha value is -2.83. The van der Waals surface area contributed by atoms with E-state index < -0.39 is 17.0 Å². The van der Waals surface area contributed by atoms with E-state index in [0.29, 0.717) is 37.2 Å². The van der Waals surface area contributed by atoms with Gasteiger partial charge in [-0.2, -0.15) is 0 Å². The van der Waals surface area contributed by atoms with Crippen LogP contribution in [0.2, 0.25) is 0 Å². The number of amides is 2. The van der Waals surface area contributed by atoms with Crippen molar-refractivity contribution in [3.63, 3.8) is 0 Å². The Morgan fingerprint density at radius 1 is 1.14 bits per heavy atom. The van der Waals surface area contributed by atoms with Gasteiger partial charge in [0.05, 0.1) is 11.0 Å². The molecular weight excluding hydrogens is 364 g/mol. The van der Waals surface area contributed by atoms with E-state index in [1.807, 2.05) is 0 Å². The smallest absolute Gasteiger partial charge is 0.255 e. The standard InChI is InChI=1S/C21H21F2N3O2/c22-17-5-4-15(11-18(17)23)13-25-9-2-6-21(20(25)28)7-10-26(14-21)19(27)16-3-1-8-24-12-16/h1,3-5,8,11-12H,2,6-7,9-10,13-14H2. The molecule has 1 unspecified atom stereocenters. The molecule has 0 N–H and O–H groups in total. The third kappa shape index (κ3) is 3.37. The molecule has 2 aromatic rings. The molecule has 2 aliphatic rings. The van der Waals surface area contributed by atoms with E-state index in [-0.39, 0.29) is 18.4 Å². The Kier molecular flexibility index (Phi) is 4.83. The van der Waals surface area contributed by atoms with Gasteiger partial charge in [-0.1, -0.05) is 6.07 Å². The summed E-state index contributed by atoms with van der Waals surface area (Å²) in [6.45, 7) is 1.73. The molecule has 5 nitrogen and oxygen atoms in total. The van der Waals surface area contributed by atoms with Gasteiger partial charge >= 0.3 is 0 Å². The lowest BCUT2D eigenvalue weighted by Gasteiger charge is -2.39. The molecule has 3 heterocycles. The zero-order chi connectivity index (χ0) is 19.7. The van der Waals surface area contributed by atoms with Gasteiger partial charge < -0.3 is 9.80 Å². The number of rotatable bonds is 3. The van der Waals surface area contributed by atoms with Crippen LogP contribution in [0, 0.1) is 17.0 Å². The second kappa shape index (κ2) is 7.30. The van der Waals surface area contributed by atoms with Crippen molar-refractivity contribution in [3.8, 4) is 0 Å². The lowest BCUT2D eigenvalue weighted by molar-refractivity contribution is -0.146. The number of piperidine rings is 1. The van der Waals surface area contributed by atoms with Crippen LogP contribution in [-0.2, 0) is 11.3 Å². The fraction of sp³-hybridized carbons (Fsp3) is 0.381. The Morgan fingerprint density at radius 2 is 2.00 bits per heavy atom. The van der Waals surface area contributed by atoms with Crippen LogP contribution in [0.3, 0.4) is 0 Å². The number of halogens is 2. The van der Waals surface area contributed by atoms with Crippen molar-refractivity contribution in [2.45, 2.75) is 25.8 Å². The molecule has 0 saturated carbocycles. The summed E-state index contributed by atoms with van der Waals surface area (Å²) < 4.78 is 26.7. The summed E-state index contributed by atoms with van der Waals surface area (Å²) >= 11 is 0. The van der Waals surface area contributed by atoms with Crippen molar-refractivity contribution in [3.05, 3.63) is 65.5 Å². The Balaban J connectivity index is 1.48. The highest BCUT2D eigenvalue weighted by Crippen LogP contribution is 2.41. The number of likely N-dealkylation sites (tertiary alicyclic amines) is 2. The van der Waals surface area contributed by atoms with Crippen molar-refractivity contribution in [2.75, 3.05) is 19.6 Å². The highest BCUT2D eigenvalue weighted by Gasteiger charge is 2.49. The van der Waals surface area contributed by atoms with Gasteiger partial charge in [0, 0.05) is 38.6 Å². The number of carbonyl (C=O) groups is 2. The van der Waals surface area contributed by atoms with Gasteiger partial charge in [0.2, 0.25) is 5.91 Å². The normalized spacial score (nSPS) is 22.1. The molecule has 1 atom stereocenters. The molecular formula is C21H21F2N3O2. The highest BCUT2D eigenvalue weighted by molar-refractivity contribution is 5.95. The van der Waals surface area contributed by atoms with E-state index in [9.17, 15) is 18.4 Å². The molecule has 0 aliphatic carbocycles. The number of benzene rings is 1. The predicted molar refractivity (Wildman–Crippen MR) is 98.2 cm³/mol. The summed E-state index contributed by atoms with van der Waals surface area (Å²) in [6.07, 6.45) is 5.32. The second-order valence-electron chi connectivity index (χ2n) is 7.58. The van der Waals surface area contributed by atoms with Gasteiger partial charge in [-0.15, -0.1) is 0 Å². The molecule has 1 aromatic heterocycles. The van der Waals surface area contributed by atoms with E-state index in [1.54, 1.807) is 28.1 Å². The molecule has 2 aliphatic heterocycles. The molecule has 7 heteroatoms. The van der Waals surface area contributed by atoms with Crippen molar-refractivity contribution in [1.82, 2.24) is 14.8 Å². The minimum absolute atomic E-state index is 0.00929. The zero-order valence-corrected chi connectivity index (χ0v) is 15.4. The first-order valence-electron chi connectivity index (χ1n) is 9.41. The molecule has 28 heavy (non-hydrogen) atoms. The van der Waals surface area contributed by atoms with Crippen molar-refractivity contribution < 1.29 is 18.4 Å². The maximum Gasteiger partial charge on any atom is 0.255 e. The fourth-order valence-electron chi connectivity index (χ4n) is 4.26. The quantitative estimate of drug-likeness (QED) is 0.816. The molecule has 0 bridgehead atoms. The van der Waals surface area contributed by atoms with Crippen molar-refractivity contribution in [2.24, 2.45) is 5.41 Å². The van der Waals surface area contributed by atoms with Gasteiger partial charge in [-0.3, -0.25) is 14.6 Å². The number of hydrogen-bond donors (Lipinski definition) is 0. The number of pyridine rings is 1. The topological polar surface area (TPSA) is 53.5 Å². The summed E-state index contributed by atoms with van der Waals surface area (Å²) in [5.74, 6) is -1.93. The van der Waals surface area contributed by atoms with Crippen LogP contribution >= 0.6 is 0 Å². The maximum absolute atomic E-state index is 13.5. The number of nitrogens with zero attached hydrogens (tertiary/aromatic N) is 3. The Labute approximate surface area is 162 Å². The third-order valence-corrected chi connectivity index (χ3v) is 5.73. The minimum Gasteiger partial charge on any atom is -0.338 e. The van der Waals surface area contributed by atoms with Gasteiger partial charge in [-0.05, 0) is 49.1 Å². The van der Waals surface area contributed by atoms with Crippen LogP contribution in [0.15, 0.2) is 42.7 Å². The maximum atomic E-state index is 13.5. The van der Waals surface area contributed by atoms with Crippen molar-refractivity contribution in [1.29, 1.82) is 0 Å². The van der Waals surface area contributed by atoms with Crippen LogP contribution in [0.25, 0.3) is 0 Å². The minimum atomic E-state index is -0.911. The van der Waals surface area contributed by atoms with Crippen LogP contribution in [0.1, 0.15) is 35.2 Å². The predicted octanol–water partition coefficient (Wildman–Crippen LogP) is 3.01. The van der Waals surface area contributed by atoms with Gasteiger partial charge in [0.1, 0.15) is 0 Å². The Bertz CT molecular complexity index is 906. The van der Waals surface area contributed by atoms with Gasteiger partial charge in [-0.25, -0.2) is 8.78 Å². The molecule has 0 radical (unpaired) electrons. The number of aromatic nitrogens is 1. The average Bonchev–Trinajstić information content (AvgIpc) is 3.13. The van der Waals surface area contributed by atoms with Crippen LogP contribution < -0.4 is 0 Å². The van der Waals surface area contributed by atoms with Crippen LogP contribution in [0.4, 0.5) is 8.78 Å². The third-order valence-electron chi connectivity index (χ3n) is 5.73. The molecule has 4 rings (SSSR count). The summed E-state index contributed by atoms with van der Waals surface area (Å²) in [5, 5.41) is 0. The largest absolute Gasteiger partial charge is 0.338 e. The van der Waals surface area contributed by atoms with E-state index in [4.69, 9.17) is 0 Å². The molecule has 1 spiro atoms. The van der Waals surface area contributed by atoms with E-state index >= 15 is 0 Å². The lowest BCUT2D eigenvalue weighted by atomic mass is 9.78. The number of carbonyl (C=O) groups excluding carboxylic acids is 2. The van der Waals surface area contributed by atoms with E-state index in [0.717, 1.165) is 25.0 Å². The molecule has 146 valence electrons. The first kappa shape index (κ1) is 18.5. The SMILES string of the molecule is O=C(c1cccnc1)N1CCC2(CCCN(Cc3ccc(F)c(F)c3)C2=O)C1. The van der Waals surface area contributed by atoms with E-state index in [1.165, 1.54) is 12.3 Å². The van der Waals surface area contributed by atoms with Crippen molar-refractivity contribution >= 4 is 11.8 Å². The monoisotopic (exact) mass is 385 g/mol. The summed E-state index contributed by atoms with van der Waals surface area (Å²) in [5.41, 5.74) is 0.487. The fourth-order valence-corrected chi connectivity index (χ4v) is 4.26. The molecule has 2 saturated heterocycles. The van der Waals surface area contributed by atoms with E-state index in [2.05, 4.69) is 4.98 Å². The first-order chi connectivity index (χ1) is 13.5. The summed E-state index contributed by atoms with van der Waals surface area (Å²) in [7, 11) is 0. The highest BCUT2D eigenvalue weighted by atomic mass is 19.2. The number of hydrogen-bond acceptors (Lipinski definition) is 3.